The summed E-state index contributed by atoms with van der Waals surface area (Å²) in [5.74, 6) is -0.679. The molecule has 0 spiro atoms. The molecule has 0 radical (unpaired) electrons. The SMILES string of the molecule is COC(=O)N1CCc2nc(NC(=O)C3CCCN(S(=O)(=O)c4ccc(C)cc4)C3)sc2C1. The maximum Gasteiger partial charge on any atom is 0.409 e. The number of thiazole rings is 1. The van der Waals surface area contributed by atoms with Gasteiger partial charge in [0.25, 0.3) is 0 Å². The van der Waals surface area contributed by atoms with E-state index < -0.39 is 15.9 Å². The number of methoxy groups -OCH3 is 1. The fraction of sp³-hybridized carbons (Fsp3) is 0.476. The van der Waals surface area contributed by atoms with Crippen molar-refractivity contribution in [1.29, 1.82) is 0 Å². The van der Waals surface area contributed by atoms with Crippen molar-refractivity contribution in [3.63, 3.8) is 0 Å². The number of anilines is 1. The molecule has 1 saturated heterocycles. The van der Waals surface area contributed by atoms with Gasteiger partial charge in [-0.1, -0.05) is 29.0 Å². The molecule has 1 N–H and O–H groups in total. The van der Waals surface area contributed by atoms with Crippen molar-refractivity contribution < 1.29 is 22.7 Å². The summed E-state index contributed by atoms with van der Waals surface area (Å²) in [6.45, 7) is 3.37. The summed E-state index contributed by atoms with van der Waals surface area (Å²) in [7, 11) is -2.30. The van der Waals surface area contributed by atoms with Gasteiger partial charge < -0.3 is 15.0 Å². The molecular formula is C21H26N4O5S2. The molecule has 3 heterocycles. The van der Waals surface area contributed by atoms with E-state index in [2.05, 4.69) is 10.3 Å². The Morgan fingerprint density at radius 2 is 1.97 bits per heavy atom. The van der Waals surface area contributed by atoms with Crippen LogP contribution >= 0.6 is 11.3 Å². The van der Waals surface area contributed by atoms with Crippen molar-refractivity contribution in [1.82, 2.24) is 14.2 Å². The Morgan fingerprint density at radius 1 is 1.22 bits per heavy atom. The summed E-state index contributed by atoms with van der Waals surface area (Å²) in [4.78, 5) is 31.9. The molecule has 4 rings (SSSR count). The number of piperidine rings is 1. The van der Waals surface area contributed by atoms with Gasteiger partial charge in [-0.05, 0) is 31.9 Å². The lowest BCUT2D eigenvalue weighted by Gasteiger charge is -2.31. The normalized spacial score (nSPS) is 19.3. The number of benzene rings is 1. The Kier molecular flexibility index (Phi) is 6.50. The first-order chi connectivity index (χ1) is 15.3. The molecule has 1 aromatic heterocycles. The average Bonchev–Trinajstić information content (AvgIpc) is 3.20. The highest BCUT2D eigenvalue weighted by molar-refractivity contribution is 7.89. The number of aryl methyl sites for hydroxylation is 1. The number of aromatic nitrogens is 1. The highest BCUT2D eigenvalue weighted by Gasteiger charge is 2.34. The monoisotopic (exact) mass is 478 g/mol. The zero-order valence-electron chi connectivity index (χ0n) is 18.0. The van der Waals surface area contributed by atoms with E-state index in [4.69, 9.17) is 4.74 Å². The number of ether oxygens (including phenoxy) is 1. The second-order valence-corrected chi connectivity index (χ2v) is 11.1. The number of rotatable bonds is 4. The Morgan fingerprint density at radius 3 is 2.69 bits per heavy atom. The van der Waals surface area contributed by atoms with E-state index in [1.165, 1.54) is 22.8 Å². The number of nitrogens with one attached hydrogen (secondary N) is 1. The van der Waals surface area contributed by atoms with E-state index in [0.29, 0.717) is 44.0 Å². The molecule has 0 aliphatic carbocycles. The minimum Gasteiger partial charge on any atom is -0.453 e. The van der Waals surface area contributed by atoms with Crippen LogP contribution in [0.3, 0.4) is 0 Å². The zero-order chi connectivity index (χ0) is 22.9. The van der Waals surface area contributed by atoms with E-state index in [1.54, 1.807) is 29.2 Å². The molecule has 9 nitrogen and oxygen atoms in total. The van der Waals surface area contributed by atoms with E-state index in [-0.39, 0.29) is 23.4 Å². The van der Waals surface area contributed by atoms with Crippen molar-refractivity contribution in [3.05, 3.63) is 40.4 Å². The highest BCUT2D eigenvalue weighted by atomic mass is 32.2. The van der Waals surface area contributed by atoms with Crippen LogP contribution in [0.4, 0.5) is 9.93 Å². The lowest BCUT2D eigenvalue weighted by molar-refractivity contribution is -0.120. The van der Waals surface area contributed by atoms with E-state index >= 15 is 0 Å². The largest absolute Gasteiger partial charge is 0.453 e. The van der Waals surface area contributed by atoms with Crippen LogP contribution < -0.4 is 5.32 Å². The summed E-state index contributed by atoms with van der Waals surface area (Å²) in [5, 5.41) is 3.34. The van der Waals surface area contributed by atoms with Gasteiger partial charge in [-0.15, -0.1) is 0 Å². The minimum atomic E-state index is -3.65. The minimum absolute atomic E-state index is 0.142. The van der Waals surface area contributed by atoms with Gasteiger partial charge in [0.1, 0.15) is 0 Å². The number of amides is 2. The van der Waals surface area contributed by atoms with Crippen molar-refractivity contribution >= 4 is 38.5 Å². The molecular weight excluding hydrogens is 452 g/mol. The predicted molar refractivity (Wildman–Crippen MR) is 120 cm³/mol. The lowest BCUT2D eigenvalue weighted by atomic mass is 9.99. The molecule has 0 bridgehead atoms. The maximum atomic E-state index is 13.0. The number of carbonyl (C=O) groups is 2. The number of fused-ring (bicyclic) bond motifs is 1. The second-order valence-electron chi connectivity index (χ2n) is 8.03. The standard InChI is InChI=1S/C21H26N4O5S2/c1-14-5-7-16(8-6-14)32(28,29)25-10-3-4-15(12-25)19(26)23-20-22-17-9-11-24(21(27)30-2)13-18(17)31-20/h5-8,15H,3-4,9-13H2,1-2H3,(H,22,23,26). The van der Waals surface area contributed by atoms with E-state index in [1.807, 2.05) is 6.92 Å². The van der Waals surface area contributed by atoms with Gasteiger partial charge in [0.2, 0.25) is 15.9 Å². The van der Waals surface area contributed by atoms with Crippen LogP contribution in [-0.2, 0) is 32.5 Å². The van der Waals surface area contributed by atoms with Gasteiger partial charge in [-0.25, -0.2) is 18.2 Å². The van der Waals surface area contributed by atoms with Crippen LogP contribution in [-0.4, -0.2) is 61.4 Å². The van der Waals surface area contributed by atoms with Crippen LogP contribution in [0.5, 0.6) is 0 Å². The topological polar surface area (TPSA) is 109 Å². The quantitative estimate of drug-likeness (QED) is 0.724. The maximum absolute atomic E-state index is 13.0. The first kappa shape index (κ1) is 22.7. The molecule has 2 aromatic rings. The van der Waals surface area contributed by atoms with E-state index in [9.17, 15) is 18.0 Å². The summed E-state index contributed by atoms with van der Waals surface area (Å²) >= 11 is 1.34. The molecule has 2 aliphatic rings. The van der Waals surface area contributed by atoms with Gasteiger partial charge in [0, 0.05) is 30.9 Å². The van der Waals surface area contributed by atoms with Crippen LogP contribution in [0, 0.1) is 12.8 Å². The number of hydrogen-bond acceptors (Lipinski definition) is 7. The van der Waals surface area contributed by atoms with Crippen molar-refractivity contribution in [2.75, 3.05) is 32.1 Å². The third kappa shape index (κ3) is 4.64. The average molecular weight is 479 g/mol. The van der Waals surface area contributed by atoms with E-state index in [0.717, 1.165) is 16.1 Å². The van der Waals surface area contributed by atoms with Gasteiger partial charge >= 0.3 is 6.09 Å². The van der Waals surface area contributed by atoms with Crippen molar-refractivity contribution in [2.45, 2.75) is 37.6 Å². The van der Waals surface area contributed by atoms with Gasteiger partial charge in [0.05, 0.1) is 30.2 Å². The van der Waals surface area contributed by atoms with Crippen LogP contribution in [0.2, 0.25) is 0 Å². The fourth-order valence-corrected chi connectivity index (χ4v) is 6.53. The van der Waals surface area contributed by atoms with Gasteiger partial charge in [0.15, 0.2) is 5.13 Å². The molecule has 11 heteroatoms. The van der Waals surface area contributed by atoms with Crippen LogP contribution in [0.15, 0.2) is 29.2 Å². The first-order valence-corrected chi connectivity index (χ1v) is 12.7. The Balaban J connectivity index is 1.42. The molecule has 1 aromatic carbocycles. The highest BCUT2D eigenvalue weighted by Crippen LogP contribution is 2.30. The van der Waals surface area contributed by atoms with Crippen molar-refractivity contribution in [2.24, 2.45) is 5.92 Å². The van der Waals surface area contributed by atoms with Crippen LogP contribution in [0.25, 0.3) is 0 Å². The molecule has 32 heavy (non-hydrogen) atoms. The Hall–Kier alpha value is -2.50. The summed E-state index contributed by atoms with van der Waals surface area (Å²) in [5.41, 5.74) is 1.86. The third-order valence-corrected chi connectivity index (χ3v) is 8.69. The lowest BCUT2D eigenvalue weighted by Crippen LogP contribution is -2.43. The second kappa shape index (κ2) is 9.16. The smallest absolute Gasteiger partial charge is 0.409 e. The number of sulfonamides is 1. The fourth-order valence-electron chi connectivity index (χ4n) is 3.98. The third-order valence-electron chi connectivity index (χ3n) is 5.81. The van der Waals surface area contributed by atoms with Crippen molar-refractivity contribution in [3.8, 4) is 0 Å². The first-order valence-electron chi connectivity index (χ1n) is 10.5. The summed E-state index contributed by atoms with van der Waals surface area (Å²) in [6.07, 6.45) is 1.45. The Labute approximate surface area is 191 Å². The summed E-state index contributed by atoms with van der Waals surface area (Å²) in [6, 6.07) is 6.75. The molecule has 1 fully saturated rings. The predicted octanol–water partition coefficient (Wildman–Crippen LogP) is 2.62. The molecule has 0 saturated carbocycles. The number of hydrogen-bond donors (Lipinski definition) is 1. The summed E-state index contributed by atoms with van der Waals surface area (Å²) < 4.78 is 32.2. The Bertz CT molecular complexity index is 1110. The number of nitrogens with zero attached hydrogens (tertiary/aromatic N) is 3. The molecule has 1 unspecified atom stereocenters. The zero-order valence-corrected chi connectivity index (χ0v) is 19.7. The van der Waals surface area contributed by atoms with Crippen LogP contribution in [0.1, 0.15) is 29.0 Å². The number of carbonyl (C=O) groups excluding carboxylic acids is 2. The molecule has 2 amide bonds. The molecule has 172 valence electrons. The van der Waals surface area contributed by atoms with Gasteiger partial charge in [-0.2, -0.15) is 4.31 Å². The molecule has 1 atom stereocenters. The van der Waals surface area contributed by atoms with Gasteiger partial charge in [-0.3, -0.25) is 4.79 Å². The molecule has 2 aliphatic heterocycles.